The third kappa shape index (κ3) is 5.67. The van der Waals surface area contributed by atoms with Gasteiger partial charge in [-0.1, -0.05) is 48.5 Å². The Balaban J connectivity index is 1.66. The summed E-state index contributed by atoms with van der Waals surface area (Å²) >= 11 is 0. The van der Waals surface area contributed by atoms with Crippen molar-refractivity contribution in [2.75, 3.05) is 4.72 Å². The normalized spacial score (nSPS) is 12.2. The van der Waals surface area contributed by atoms with E-state index < -0.39 is 15.8 Å². The van der Waals surface area contributed by atoms with Crippen molar-refractivity contribution >= 4 is 21.6 Å². The molecule has 0 radical (unpaired) electrons. The molecular weight excluding hydrogens is 403 g/mol. The Morgan fingerprint density at radius 2 is 1.67 bits per heavy atom. The van der Waals surface area contributed by atoms with E-state index in [4.69, 9.17) is 0 Å². The first-order chi connectivity index (χ1) is 14.3. The quantitative estimate of drug-likeness (QED) is 0.561. The van der Waals surface area contributed by atoms with Crippen LogP contribution in [0, 0.1) is 5.82 Å². The molecule has 3 aromatic carbocycles. The maximum atomic E-state index is 13.8. The average Bonchev–Trinajstić information content (AvgIpc) is 2.74. The summed E-state index contributed by atoms with van der Waals surface area (Å²) in [5.74, 6) is -1.04. The molecule has 0 aromatic heterocycles. The zero-order chi connectivity index (χ0) is 21.6. The van der Waals surface area contributed by atoms with Crippen molar-refractivity contribution in [3.8, 4) is 0 Å². The second-order valence-corrected chi connectivity index (χ2v) is 8.69. The molecule has 0 heterocycles. The van der Waals surface area contributed by atoms with Crippen LogP contribution in [0.1, 0.15) is 29.3 Å². The fraction of sp³-hybridized carbons (Fsp3) is 0.174. The number of rotatable bonds is 8. The van der Waals surface area contributed by atoms with Gasteiger partial charge < -0.3 is 5.32 Å². The Morgan fingerprint density at radius 1 is 0.967 bits per heavy atom. The topological polar surface area (TPSA) is 75.3 Å². The average molecular weight is 427 g/mol. The third-order valence-corrected chi connectivity index (χ3v) is 5.97. The van der Waals surface area contributed by atoms with E-state index in [-0.39, 0.29) is 28.1 Å². The molecule has 1 atom stereocenters. The summed E-state index contributed by atoms with van der Waals surface area (Å²) in [5, 5.41) is 2.89. The Kier molecular flexibility index (Phi) is 6.84. The molecule has 0 aliphatic rings. The SMILES string of the molecule is C[C@H](CCc1ccccc1)NC(=O)c1cccc(S(=O)(=O)Nc2ccccc2F)c1. The fourth-order valence-corrected chi connectivity index (χ4v) is 4.07. The van der Waals surface area contributed by atoms with Crippen LogP contribution in [0.2, 0.25) is 0 Å². The Labute approximate surface area is 176 Å². The summed E-state index contributed by atoms with van der Waals surface area (Å²) in [7, 11) is -4.04. The van der Waals surface area contributed by atoms with Gasteiger partial charge in [0.15, 0.2) is 0 Å². The fourth-order valence-electron chi connectivity index (χ4n) is 2.96. The molecule has 156 valence electrons. The summed E-state index contributed by atoms with van der Waals surface area (Å²) in [6, 6.07) is 21.0. The highest BCUT2D eigenvalue weighted by atomic mass is 32.2. The standard InChI is InChI=1S/C23H23FN2O3S/c1-17(14-15-18-8-3-2-4-9-18)25-23(27)19-10-7-11-20(16-19)30(28,29)26-22-13-6-5-12-21(22)24/h2-13,16-17,26H,14-15H2,1H3,(H,25,27)/t17-/m1/s1. The molecule has 3 rings (SSSR count). The van der Waals surface area contributed by atoms with Gasteiger partial charge in [0.05, 0.1) is 10.6 Å². The maximum Gasteiger partial charge on any atom is 0.262 e. The van der Waals surface area contributed by atoms with Gasteiger partial charge in [-0.25, -0.2) is 12.8 Å². The molecule has 0 aliphatic heterocycles. The van der Waals surface area contributed by atoms with Crippen molar-refractivity contribution in [3.63, 3.8) is 0 Å². The summed E-state index contributed by atoms with van der Waals surface area (Å²) in [6.07, 6.45) is 1.58. The minimum absolute atomic E-state index is 0.0884. The van der Waals surface area contributed by atoms with Gasteiger partial charge in [0.1, 0.15) is 5.82 Å². The Bertz CT molecular complexity index is 1120. The van der Waals surface area contributed by atoms with E-state index in [1.807, 2.05) is 37.3 Å². The summed E-state index contributed by atoms with van der Waals surface area (Å²) < 4.78 is 41.2. The van der Waals surface area contributed by atoms with Crippen molar-refractivity contribution in [1.29, 1.82) is 0 Å². The number of amides is 1. The van der Waals surface area contributed by atoms with Gasteiger partial charge in [0.2, 0.25) is 0 Å². The van der Waals surface area contributed by atoms with E-state index >= 15 is 0 Å². The van der Waals surface area contributed by atoms with Crippen LogP contribution in [0.15, 0.2) is 83.8 Å². The molecule has 0 saturated carbocycles. The lowest BCUT2D eigenvalue weighted by molar-refractivity contribution is 0.0938. The van der Waals surface area contributed by atoms with Crippen molar-refractivity contribution in [1.82, 2.24) is 5.32 Å². The monoisotopic (exact) mass is 426 g/mol. The summed E-state index contributed by atoms with van der Waals surface area (Å²) in [4.78, 5) is 12.5. The predicted molar refractivity (Wildman–Crippen MR) is 115 cm³/mol. The molecule has 1 amide bonds. The lowest BCUT2D eigenvalue weighted by atomic mass is 10.1. The first-order valence-corrected chi connectivity index (χ1v) is 11.1. The number of sulfonamides is 1. The Hall–Kier alpha value is -3.19. The number of carbonyl (C=O) groups is 1. The molecule has 0 spiro atoms. The van der Waals surface area contributed by atoms with E-state index in [0.29, 0.717) is 0 Å². The molecule has 3 aromatic rings. The number of aryl methyl sites for hydroxylation is 1. The lowest BCUT2D eigenvalue weighted by Gasteiger charge is -2.15. The molecule has 7 heteroatoms. The van der Waals surface area contributed by atoms with Crippen LogP contribution < -0.4 is 10.0 Å². The van der Waals surface area contributed by atoms with E-state index in [1.54, 1.807) is 6.07 Å². The highest BCUT2D eigenvalue weighted by Gasteiger charge is 2.18. The number of halogens is 1. The van der Waals surface area contributed by atoms with Crippen LogP contribution in [-0.4, -0.2) is 20.4 Å². The van der Waals surface area contributed by atoms with Crippen LogP contribution >= 0.6 is 0 Å². The smallest absolute Gasteiger partial charge is 0.262 e. The third-order valence-electron chi connectivity index (χ3n) is 4.61. The van der Waals surface area contributed by atoms with Crippen LogP contribution in [0.25, 0.3) is 0 Å². The maximum absolute atomic E-state index is 13.8. The molecule has 30 heavy (non-hydrogen) atoms. The molecule has 0 bridgehead atoms. The molecule has 2 N–H and O–H groups in total. The van der Waals surface area contributed by atoms with Crippen molar-refractivity contribution < 1.29 is 17.6 Å². The number of anilines is 1. The van der Waals surface area contributed by atoms with Crippen LogP contribution in [0.3, 0.4) is 0 Å². The highest BCUT2D eigenvalue weighted by molar-refractivity contribution is 7.92. The van der Waals surface area contributed by atoms with Crippen molar-refractivity contribution in [2.24, 2.45) is 0 Å². The van der Waals surface area contributed by atoms with Gasteiger partial charge in [-0.15, -0.1) is 0 Å². The van der Waals surface area contributed by atoms with Crippen LogP contribution in [0.5, 0.6) is 0 Å². The van der Waals surface area contributed by atoms with E-state index in [2.05, 4.69) is 10.0 Å². The van der Waals surface area contributed by atoms with E-state index in [0.717, 1.165) is 12.8 Å². The van der Waals surface area contributed by atoms with Gasteiger partial charge >= 0.3 is 0 Å². The predicted octanol–water partition coefficient (Wildman–Crippen LogP) is 4.38. The Morgan fingerprint density at radius 3 is 2.40 bits per heavy atom. The first kappa shape index (κ1) is 21.5. The number of para-hydroxylation sites is 1. The minimum atomic E-state index is -4.04. The number of benzene rings is 3. The van der Waals surface area contributed by atoms with Crippen LogP contribution in [0.4, 0.5) is 10.1 Å². The molecular formula is C23H23FN2O3S. The van der Waals surface area contributed by atoms with Crippen molar-refractivity contribution in [3.05, 3.63) is 95.8 Å². The van der Waals surface area contributed by atoms with Crippen molar-refractivity contribution in [2.45, 2.75) is 30.7 Å². The van der Waals surface area contributed by atoms with Gasteiger partial charge in [0.25, 0.3) is 15.9 Å². The van der Waals surface area contributed by atoms with Gasteiger partial charge in [0, 0.05) is 11.6 Å². The summed E-state index contributed by atoms with van der Waals surface area (Å²) in [6.45, 7) is 1.90. The molecule has 0 saturated heterocycles. The van der Waals surface area contributed by atoms with Gasteiger partial charge in [-0.3, -0.25) is 9.52 Å². The van der Waals surface area contributed by atoms with Gasteiger partial charge in [-0.05, 0) is 55.7 Å². The highest BCUT2D eigenvalue weighted by Crippen LogP contribution is 2.19. The summed E-state index contributed by atoms with van der Waals surface area (Å²) in [5.41, 5.74) is 1.26. The van der Waals surface area contributed by atoms with Gasteiger partial charge in [-0.2, -0.15) is 0 Å². The lowest BCUT2D eigenvalue weighted by Crippen LogP contribution is -2.33. The second kappa shape index (κ2) is 9.54. The molecule has 5 nitrogen and oxygen atoms in total. The zero-order valence-corrected chi connectivity index (χ0v) is 17.3. The molecule has 0 aliphatic carbocycles. The number of nitrogens with one attached hydrogen (secondary N) is 2. The first-order valence-electron chi connectivity index (χ1n) is 9.57. The molecule has 0 fully saturated rings. The second-order valence-electron chi connectivity index (χ2n) is 7.01. The number of carbonyl (C=O) groups excluding carboxylic acids is 1. The largest absolute Gasteiger partial charge is 0.350 e. The van der Waals surface area contributed by atoms with E-state index in [1.165, 1.54) is 48.0 Å². The van der Waals surface area contributed by atoms with Crippen LogP contribution in [-0.2, 0) is 16.4 Å². The van der Waals surface area contributed by atoms with E-state index in [9.17, 15) is 17.6 Å². The number of hydrogen-bond donors (Lipinski definition) is 2. The number of hydrogen-bond acceptors (Lipinski definition) is 3. The zero-order valence-electron chi connectivity index (χ0n) is 16.5. The molecule has 0 unspecified atom stereocenters. The minimum Gasteiger partial charge on any atom is -0.350 e.